The quantitative estimate of drug-likeness (QED) is 0.259. The first-order valence-corrected chi connectivity index (χ1v) is 13.6. The van der Waals surface area contributed by atoms with Crippen molar-refractivity contribution in [2.45, 2.75) is 45.1 Å². The molecule has 0 spiro atoms. The Bertz CT molecular complexity index is 1380. The molecular weight excluding hydrogens is 492 g/mol. The molecule has 0 saturated carbocycles. The zero-order valence-electron chi connectivity index (χ0n) is 22.4. The zero-order valence-corrected chi connectivity index (χ0v) is 22.4. The topological polar surface area (TPSA) is 88.9 Å². The number of nitrogens with zero attached hydrogens (tertiary/aromatic N) is 3. The molecular formula is C31H36N4O4. The van der Waals surface area contributed by atoms with Gasteiger partial charge in [0.15, 0.2) is 6.23 Å². The van der Waals surface area contributed by atoms with Gasteiger partial charge in [0.2, 0.25) is 0 Å². The highest BCUT2D eigenvalue weighted by atomic mass is 16.5. The normalized spacial score (nSPS) is 15.3. The first-order valence-electron chi connectivity index (χ1n) is 13.6. The summed E-state index contributed by atoms with van der Waals surface area (Å²) in [7, 11) is 2.05. The fourth-order valence-electron chi connectivity index (χ4n) is 4.94. The van der Waals surface area contributed by atoms with E-state index in [1.807, 2.05) is 59.3 Å². The van der Waals surface area contributed by atoms with Gasteiger partial charge in [-0.1, -0.05) is 48.5 Å². The van der Waals surface area contributed by atoms with Gasteiger partial charge in [0.25, 0.3) is 0 Å². The van der Waals surface area contributed by atoms with Crippen molar-refractivity contribution in [3.63, 3.8) is 0 Å². The Morgan fingerprint density at radius 1 is 1.10 bits per heavy atom. The van der Waals surface area contributed by atoms with Gasteiger partial charge in [-0.2, -0.15) is 5.10 Å². The fraction of sp³-hybridized carbons (Fsp3) is 0.355. The average molecular weight is 529 g/mol. The van der Waals surface area contributed by atoms with Crippen molar-refractivity contribution in [1.82, 2.24) is 15.1 Å². The lowest BCUT2D eigenvalue weighted by Crippen LogP contribution is -2.28. The maximum Gasteiger partial charge on any atom is 0.407 e. The number of nitrogens with one attached hydrogen (secondary N) is 1. The van der Waals surface area contributed by atoms with Crippen molar-refractivity contribution in [1.29, 1.82) is 0 Å². The van der Waals surface area contributed by atoms with E-state index in [1.165, 1.54) is 0 Å². The number of ether oxygens (including phenoxy) is 2. The van der Waals surface area contributed by atoms with E-state index in [2.05, 4.69) is 35.5 Å². The van der Waals surface area contributed by atoms with Crippen molar-refractivity contribution in [2.24, 2.45) is 0 Å². The molecule has 0 bridgehead atoms. The molecule has 39 heavy (non-hydrogen) atoms. The van der Waals surface area contributed by atoms with Crippen molar-refractivity contribution in [2.75, 3.05) is 31.6 Å². The number of aliphatic hydroxyl groups excluding tert-OH is 1. The molecule has 8 nitrogen and oxygen atoms in total. The summed E-state index contributed by atoms with van der Waals surface area (Å²) in [6, 6.07) is 23.9. The third kappa shape index (κ3) is 6.58. The van der Waals surface area contributed by atoms with Gasteiger partial charge in [-0.05, 0) is 61.1 Å². The number of carbonyl (C=O) groups excluding carboxylic acids is 1. The number of benzene rings is 3. The SMILES string of the molecule is CN(CCCNC(=O)OCc1ccccc1)c1ccc2c(c1)c(-c1cccc(CO)c1)nn2C1CCCCO1. The molecule has 2 N–H and O–H groups in total. The molecule has 1 amide bonds. The van der Waals surface area contributed by atoms with E-state index in [0.717, 1.165) is 77.8 Å². The van der Waals surface area contributed by atoms with Gasteiger partial charge < -0.3 is 24.8 Å². The summed E-state index contributed by atoms with van der Waals surface area (Å²) in [6.07, 6.45) is 3.43. The Kier molecular flexibility index (Phi) is 8.75. The van der Waals surface area contributed by atoms with E-state index in [9.17, 15) is 9.90 Å². The molecule has 1 atom stereocenters. The summed E-state index contributed by atoms with van der Waals surface area (Å²) in [4.78, 5) is 14.2. The number of amides is 1. The summed E-state index contributed by atoms with van der Waals surface area (Å²) < 4.78 is 13.4. The second-order valence-electron chi connectivity index (χ2n) is 9.94. The molecule has 1 fully saturated rings. The monoisotopic (exact) mass is 528 g/mol. The summed E-state index contributed by atoms with van der Waals surface area (Å²) in [5.74, 6) is 0. The lowest BCUT2D eigenvalue weighted by Gasteiger charge is -2.24. The number of aromatic nitrogens is 2. The minimum absolute atomic E-state index is 0.0139. The molecule has 0 aliphatic carbocycles. The highest BCUT2D eigenvalue weighted by Crippen LogP contribution is 2.35. The maximum absolute atomic E-state index is 12.0. The average Bonchev–Trinajstić information content (AvgIpc) is 3.38. The van der Waals surface area contributed by atoms with Crippen LogP contribution in [0.25, 0.3) is 22.2 Å². The molecule has 1 aromatic heterocycles. The largest absolute Gasteiger partial charge is 0.445 e. The number of aliphatic hydroxyl groups is 1. The van der Waals surface area contributed by atoms with Gasteiger partial charge in [0.1, 0.15) is 12.3 Å². The second-order valence-corrected chi connectivity index (χ2v) is 9.94. The number of anilines is 1. The van der Waals surface area contributed by atoms with Crippen LogP contribution in [-0.4, -0.2) is 47.7 Å². The minimum atomic E-state index is -0.407. The molecule has 8 heteroatoms. The van der Waals surface area contributed by atoms with Gasteiger partial charge in [0, 0.05) is 43.4 Å². The zero-order chi connectivity index (χ0) is 27.0. The maximum atomic E-state index is 12.0. The molecule has 5 rings (SSSR count). The Morgan fingerprint density at radius 3 is 2.74 bits per heavy atom. The van der Waals surface area contributed by atoms with Gasteiger partial charge >= 0.3 is 6.09 Å². The minimum Gasteiger partial charge on any atom is -0.445 e. The van der Waals surface area contributed by atoms with Crippen LogP contribution < -0.4 is 10.2 Å². The number of hydrogen-bond acceptors (Lipinski definition) is 6. The first-order chi connectivity index (χ1) is 19.1. The Balaban J connectivity index is 1.27. The van der Waals surface area contributed by atoms with Crippen molar-refractivity contribution < 1.29 is 19.4 Å². The van der Waals surface area contributed by atoms with E-state index in [4.69, 9.17) is 14.6 Å². The van der Waals surface area contributed by atoms with E-state index in [0.29, 0.717) is 6.54 Å². The van der Waals surface area contributed by atoms with Crippen molar-refractivity contribution in [3.8, 4) is 11.3 Å². The third-order valence-electron chi connectivity index (χ3n) is 7.09. The molecule has 4 aromatic rings. The molecule has 1 aliphatic rings. The van der Waals surface area contributed by atoms with Crippen LogP contribution in [0.3, 0.4) is 0 Å². The molecule has 1 aliphatic heterocycles. The Labute approximate surface area is 229 Å². The van der Waals surface area contributed by atoms with Crippen LogP contribution in [0, 0.1) is 0 Å². The van der Waals surface area contributed by atoms with E-state index in [-0.39, 0.29) is 19.4 Å². The lowest BCUT2D eigenvalue weighted by atomic mass is 10.0. The van der Waals surface area contributed by atoms with Crippen molar-refractivity contribution >= 4 is 22.7 Å². The van der Waals surface area contributed by atoms with Crippen LogP contribution in [0.5, 0.6) is 0 Å². The highest BCUT2D eigenvalue weighted by Gasteiger charge is 2.22. The number of alkyl carbamates (subject to hydrolysis) is 1. The Hall–Kier alpha value is -3.88. The van der Waals surface area contributed by atoms with Crippen LogP contribution in [0.1, 0.15) is 43.0 Å². The van der Waals surface area contributed by atoms with Crippen molar-refractivity contribution in [3.05, 3.63) is 83.9 Å². The van der Waals surface area contributed by atoms with Gasteiger partial charge in [-0.3, -0.25) is 0 Å². The van der Waals surface area contributed by atoms with Crippen LogP contribution in [0.15, 0.2) is 72.8 Å². The van der Waals surface area contributed by atoms with E-state index >= 15 is 0 Å². The molecule has 1 unspecified atom stereocenters. The highest BCUT2D eigenvalue weighted by molar-refractivity contribution is 5.95. The molecule has 3 aromatic carbocycles. The Morgan fingerprint density at radius 2 is 1.95 bits per heavy atom. The van der Waals surface area contributed by atoms with Crippen LogP contribution in [-0.2, 0) is 22.7 Å². The number of rotatable bonds is 10. The third-order valence-corrected chi connectivity index (χ3v) is 7.09. The number of fused-ring (bicyclic) bond motifs is 1. The first kappa shape index (κ1) is 26.7. The van der Waals surface area contributed by atoms with Gasteiger partial charge in [-0.25, -0.2) is 9.48 Å². The molecule has 0 radical (unpaired) electrons. The predicted octanol–water partition coefficient (Wildman–Crippen LogP) is 5.65. The summed E-state index contributed by atoms with van der Waals surface area (Å²) in [5.41, 5.74) is 5.77. The summed E-state index contributed by atoms with van der Waals surface area (Å²) in [5, 5.41) is 18.6. The fourth-order valence-corrected chi connectivity index (χ4v) is 4.94. The van der Waals surface area contributed by atoms with Crippen LogP contribution in [0.2, 0.25) is 0 Å². The van der Waals surface area contributed by atoms with E-state index in [1.54, 1.807) is 0 Å². The van der Waals surface area contributed by atoms with Crippen LogP contribution in [0.4, 0.5) is 10.5 Å². The van der Waals surface area contributed by atoms with Gasteiger partial charge in [0.05, 0.1) is 12.1 Å². The predicted molar refractivity (Wildman–Crippen MR) is 152 cm³/mol. The summed E-state index contributed by atoms with van der Waals surface area (Å²) in [6.45, 7) is 2.28. The molecule has 1 saturated heterocycles. The standard InChI is InChI=1S/C31H36N4O4/c1-34(17-8-16-32-31(37)39-22-23-9-3-2-4-10-23)26-14-15-28-27(20-26)30(25-12-7-11-24(19-25)21-36)33-35(28)29-13-5-6-18-38-29/h2-4,7,9-12,14-15,19-20,29,36H,5-6,8,13,16-18,21-22H2,1H3,(H,32,37). The van der Waals surface area contributed by atoms with E-state index < -0.39 is 6.09 Å². The van der Waals surface area contributed by atoms with Gasteiger partial charge in [-0.15, -0.1) is 0 Å². The number of carbonyl (C=O) groups is 1. The second kappa shape index (κ2) is 12.8. The molecule has 204 valence electrons. The van der Waals surface area contributed by atoms with Crippen LogP contribution >= 0.6 is 0 Å². The lowest BCUT2D eigenvalue weighted by molar-refractivity contribution is -0.0365. The summed E-state index contributed by atoms with van der Waals surface area (Å²) >= 11 is 0. The number of hydrogen-bond donors (Lipinski definition) is 2. The smallest absolute Gasteiger partial charge is 0.407 e. The molecule has 2 heterocycles.